The number of hydrogen-bond acceptors (Lipinski definition) is 2. The predicted molar refractivity (Wildman–Crippen MR) is 47.4 cm³/mol. The van der Waals surface area contributed by atoms with Gasteiger partial charge in [-0.25, -0.2) is 0 Å². The largest absolute Gasteiger partial charge is 0.288 e. The van der Waals surface area contributed by atoms with Crippen molar-refractivity contribution in [3.8, 4) is 0 Å². The van der Waals surface area contributed by atoms with Crippen LogP contribution >= 0.6 is 0 Å². The summed E-state index contributed by atoms with van der Waals surface area (Å²) in [5.41, 5.74) is 8.71. The second-order valence-electron chi connectivity index (χ2n) is 2.15. The number of azide groups is 1. The number of amides is 1. The summed E-state index contributed by atoms with van der Waals surface area (Å²) in [5.74, 6) is -0.619. The van der Waals surface area contributed by atoms with E-state index in [2.05, 4.69) is 15.0 Å². The topological polar surface area (TPSA) is 78.7 Å². The first-order chi connectivity index (χ1) is 6.33. The zero-order valence-electron chi connectivity index (χ0n) is 6.66. The molecule has 0 saturated heterocycles. The van der Waals surface area contributed by atoms with Crippen LogP contribution in [0, 0.1) is 0 Å². The third-order valence-electron chi connectivity index (χ3n) is 1.25. The Morgan fingerprint density at radius 2 is 2.54 bits per heavy atom. The van der Waals surface area contributed by atoms with Crippen LogP contribution in [0.4, 0.5) is 0 Å². The number of aromatic nitrogens is 1. The fraction of sp³-hybridized carbons (Fsp3) is 0. The lowest BCUT2D eigenvalue weighted by atomic mass is 10.2. The summed E-state index contributed by atoms with van der Waals surface area (Å²) in [6, 6.07) is 3.53. The Hall–Kier alpha value is -2.13. The van der Waals surface area contributed by atoms with Crippen molar-refractivity contribution in [3.05, 3.63) is 46.6 Å². The van der Waals surface area contributed by atoms with Gasteiger partial charge in [-0.3, -0.25) is 9.78 Å². The molecule has 0 bridgehead atoms. The van der Waals surface area contributed by atoms with E-state index in [1.165, 1.54) is 12.2 Å². The van der Waals surface area contributed by atoms with Crippen molar-refractivity contribution in [1.29, 1.82) is 0 Å². The second-order valence-corrected chi connectivity index (χ2v) is 2.15. The number of carbonyl (C=O) groups is 1. The van der Waals surface area contributed by atoms with Gasteiger partial charge in [-0.05, 0) is 34.4 Å². The molecule has 1 aromatic heterocycles. The smallest absolute Gasteiger partial charge is 0.242 e. The SMILES string of the molecule is [N-]=[N+]=NC(=O)/C=C/c1cccnc1. The molecule has 0 saturated carbocycles. The van der Waals surface area contributed by atoms with Crippen LogP contribution in [-0.2, 0) is 4.79 Å². The average molecular weight is 174 g/mol. The van der Waals surface area contributed by atoms with Gasteiger partial charge >= 0.3 is 0 Å². The highest BCUT2D eigenvalue weighted by molar-refractivity contribution is 5.92. The number of pyridine rings is 1. The molecule has 0 aliphatic rings. The average Bonchev–Trinajstić information content (AvgIpc) is 2.17. The third-order valence-corrected chi connectivity index (χ3v) is 1.25. The molecule has 0 atom stereocenters. The van der Waals surface area contributed by atoms with E-state index in [4.69, 9.17) is 5.53 Å². The lowest BCUT2D eigenvalue weighted by Gasteiger charge is -1.87. The zero-order chi connectivity index (χ0) is 9.52. The van der Waals surface area contributed by atoms with E-state index in [1.54, 1.807) is 24.5 Å². The van der Waals surface area contributed by atoms with Gasteiger partial charge in [-0.15, -0.1) is 0 Å². The quantitative estimate of drug-likeness (QED) is 0.297. The summed E-state index contributed by atoms with van der Waals surface area (Å²) < 4.78 is 0. The van der Waals surface area contributed by atoms with Crippen LogP contribution in [0.15, 0.2) is 35.7 Å². The highest BCUT2D eigenvalue weighted by Gasteiger charge is 1.89. The second kappa shape index (κ2) is 4.69. The molecule has 5 nitrogen and oxygen atoms in total. The number of rotatable bonds is 2. The van der Waals surface area contributed by atoms with Crippen LogP contribution in [0.2, 0.25) is 0 Å². The minimum atomic E-state index is -0.619. The lowest BCUT2D eigenvalue weighted by molar-refractivity contribution is -0.113. The minimum absolute atomic E-state index is 0.619. The van der Waals surface area contributed by atoms with Gasteiger partial charge in [0.05, 0.1) is 0 Å². The zero-order valence-corrected chi connectivity index (χ0v) is 6.66. The molecule has 0 N–H and O–H groups in total. The Morgan fingerprint density at radius 3 is 3.15 bits per heavy atom. The molecule has 0 aliphatic carbocycles. The summed E-state index contributed by atoms with van der Waals surface area (Å²) in [5, 5.41) is 2.87. The van der Waals surface area contributed by atoms with Crippen LogP contribution in [-0.4, -0.2) is 10.9 Å². The molecule has 0 aliphatic heterocycles. The molecular weight excluding hydrogens is 168 g/mol. The third kappa shape index (κ3) is 3.18. The molecule has 0 spiro atoms. The van der Waals surface area contributed by atoms with Gasteiger partial charge in [0.2, 0.25) is 5.91 Å². The molecule has 1 heterocycles. The van der Waals surface area contributed by atoms with Crippen molar-refractivity contribution in [2.75, 3.05) is 0 Å². The van der Waals surface area contributed by atoms with Crippen molar-refractivity contribution in [3.63, 3.8) is 0 Å². The van der Waals surface area contributed by atoms with E-state index >= 15 is 0 Å². The van der Waals surface area contributed by atoms with Crippen molar-refractivity contribution in [2.45, 2.75) is 0 Å². The Balaban J connectivity index is 2.69. The highest BCUT2D eigenvalue weighted by atomic mass is 16.1. The molecule has 0 aromatic carbocycles. The van der Waals surface area contributed by atoms with Crippen molar-refractivity contribution in [1.82, 2.24) is 4.98 Å². The number of hydrogen-bond donors (Lipinski definition) is 0. The number of carbonyl (C=O) groups excluding carboxylic acids is 1. The maximum atomic E-state index is 10.7. The van der Waals surface area contributed by atoms with Crippen molar-refractivity contribution >= 4 is 12.0 Å². The molecule has 5 heteroatoms. The van der Waals surface area contributed by atoms with Crippen LogP contribution in [0.25, 0.3) is 16.5 Å². The maximum absolute atomic E-state index is 10.7. The van der Waals surface area contributed by atoms with Crippen molar-refractivity contribution in [2.24, 2.45) is 5.11 Å². The summed E-state index contributed by atoms with van der Waals surface area (Å²) in [6.45, 7) is 0. The molecule has 0 radical (unpaired) electrons. The van der Waals surface area contributed by atoms with Gasteiger partial charge < -0.3 is 0 Å². The van der Waals surface area contributed by atoms with Gasteiger partial charge in [-0.2, -0.15) is 0 Å². The predicted octanol–water partition coefficient (Wildman–Crippen LogP) is 1.93. The molecule has 64 valence electrons. The van der Waals surface area contributed by atoms with E-state index < -0.39 is 5.91 Å². The fourth-order valence-corrected chi connectivity index (χ4v) is 0.719. The molecule has 0 fully saturated rings. The summed E-state index contributed by atoms with van der Waals surface area (Å²) in [6.07, 6.45) is 5.95. The summed E-state index contributed by atoms with van der Waals surface area (Å²) >= 11 is 0. The van der Waals surface area contributed by atoms with Crippen molar-refractivity contribution < 1.29 is 4.79 Å². The standard InChI is InChI=1S/C8H6N4O/c9-12-11-8(13)4-3-7-2-1-5-10-6-7/h1-6H/b4-3+. The Labute approximate surface area is 74.4 Å². The molecule has 1 rings (SSSR count). The van der Waals surface area contributed by atoms with Crippen LogP contribution in [0.1, 0.15) is 5.56 Å². The van der Waals surface area contributed by atoms with Gasteiger partial charge in [0.25, 0.3) is 0 Å². The van der Waals surface area contributed by atoms with Crippen LogP contribution in [0.3, 0.4) is 0 Å². The molecular formula is C8H6N4O. The van der Waals surface area contributed by atoms with Gasteiger partial charge in [0, 0.05) is 17.3 Å². The van der Waals surface area contributed by atoms with Gasteiger partial charge in [0.1, 0.15) is 0 Å². The normalized spacial score (nSPS) is 9.54. The Kier molecular flexibility index (Phi) is 3.23. The van der Waals surface area contributed by atoms with E-state index in [1.807, 2.05) is 0 Å². The first-order valence-corrected chi connectivity index (χ1v) is 3.50. The molecule has 0 unspecified atom stereocenters. The first-order valence-electron chi connectivity index (χ1n) is 3.50. The van der Waals surface area contributed by atoms with E-state index in [0.29, 0.717) is 0 Å². The Morgan fingerprint density at radius 1 is 1.69 bits per heavy atom. The molecule has 1 aromatic rings. The minimum Gasteiger partial charge on any atom is -0.288 e. The summed E-state index contributed by atoms with van der Waals surface area (Å²) in [7, 11) is 0. The number of nitrogens with zero attached hydrogens (tertiary/aromatic N) is 4. The van der Waals surface area contributed by atoms with Gasteiger partial charge in [-0.1, -0.05) is 6.07 Å². The lowest BCUT2D eigenvalue weighted by Crippen LogP contribution is -1.82. The summed E-state index contributed by atoms with van der Waals surface area (Å²) in [4.78, 5) is 16.9. The molecule has 1 amide bonds. The highest BCUT2D eigenvalue weighted by Crippen LogP contribution is 1.98. The van der Waals surface area contributed by atoms with E-state index in [9.17, 15) is 4.79 Å². The monoisotopic (exact) mass is 174 g/mol. The fourth-order valence-electron chi connectivity index (χ4n) is 0.719. The maximum Gasteiger partial charge on any atom is 0.242 e. The van der Waals surface area contributed by atoms with Crippen LogP contribution < -0.4 is 0 Å². The van der Waals surface area contributed by atoms with Crippen LogP contribution in [0.5, 0.6) is 0 Å². The molecule has 13 heavy (non-hydrogen) atoms. The first kappa shape index (κ1) is 8.96. The van der Waals surface area contributed by atoms with E-state index in [0.717, 1.165) is 5.56 Å². The van der Waals surface area contributed by atoms with E-state index in [-0.39, 0.29) is 0 Å². The van der Waals surface area contributed by atoms with Gasteiger partial charge in [0.15, 0.2) is 0 Å². The Bertz CT molecular complexity index is 365.